The monoisotopic (exact) mass is 407 g/mol. The maximum Gasteiger partial charge on any atom is 0.412 e. The number of hydrogen-bond acceptors (Lipinski definition) is 3. The summed E-state index contributed by atoms with van der Waals surface area (Å²) in [6.45, 7) is 11.8. The first-order chi connectivity index (χ1) is 8.96. The van der Waals surface area contributed by atoms with E-state index in [1.54, 1.807) is 0 Å². The third-order valence-electron chi connectivity index (χ3n) is 2.00. The zero-order chi connectivity index (χ0) is 15.6. The Labute approximate surface area is 135 Å². The summed E-state index contributed by atoms with van der Waals surface area (Å²) in [5.41, 5.74) is 0.120. The molecule has 6 heteroatoms. The van der Waals surface area contributed by atoms with E-state index in [2.05, 4.69) is 47.5 Å². The van der Waals surface area contributed by atoms with Gasteiger partial charge >= 0.3 is 6.09 Å². The van der Waals surface area contributed by atoms with Gasteiger partial charge in [0, 0.05) is 3.57 Å². The van der Waals surface area contributed by atoms with Crippen LogP contribution in [0, 0.1) is 3.57 Å². The second-order valence-corrected chi connectivity index (χ2v) is 12.2. The van der Waals surface area contributed by atoms with Crippen LogP contribution in [0.4, 0.5) is 10.5 Å². The summed E-state index contributed by atoms with van der Waals surface area (Å²) >= 11 is 2.22. The van der Waals surface area contributed by atoms with Gasteiger partial charge in [0.15, 0.2) is 0 Å². The van der Waals surface area contributed by atoms with E-state index >= 15 is 0 Å². The minimum absolute atomic E-state index is 0.473. The fraction of sp³-hybridized carbons (Fsp3) is 0.500. The molecular weight excluding hydrogens is 385 g/mol. The second kappa shape index (κ2) is 6.34. The minimum Gasteiger partial charge on any atom is -0.543 e. The van der Waals surface area contributed by atoms with Crippen LogP contribution in [-0.4, -0.2) is 20.0 Å². The van der Waals surface area contributed by atoms with E-state index in [9.17, 15) is 4.79 Å². The summed E-state index contributed by atoms with van der Waals surface area (Å²) in [6.07, 6.45) is -0.473. The summed E-state index contributed by atoms with van der Waals surface area (Å²) in [5.74, 6) is 0.696. The first-order valence-electron chi connectivity index (χ1n) is 6.45. The van der Waals surface area contributed by atoms with Gasteiger partial charge in [-0.05, 0) is 81.2 Å². The summed E-state index contributed by atoms with van der Waals surface area (Å²) in [5, 5.41) is 2.75. The minimum atomic E-state index is -1.75. The van der Waals surface area contributed by atoms with Crippen LogP contribution >= 0.6 is 22.6 Å². The largest absolute Gasteiger partial charge is 0.543 e. The Hall–Kier alpha value is -0.763. The van der Waals surface area contributed by atoms with Crippen LogP contribution in [0.3, 0.4) is 0 Å². The molecule has 0 saturated carbocycles. The Balaban J connectivity index is 2.92. The molecule has 4 nitrogen and oxygen atoms in total. The molecule has 0 aliphatic carbocycles. The molecule has 0 bridgehead atoms. The van der Waals surface area contributed by atoms with Crippen molar-refractivity contribution in [2.45, 2.75) is 46.0 Å². The third kappa shape index (κ3) is 6.60. The molecule has 1 aromatic rings. The maximum atomic E-state index is 11.9. The number of rotatable bonds is 3. The number of carbonyl (C=O) groups excluding carboxylic acids is 1. The Bertz CT molecular complexity index is 492. The number of benzene rings is 1. The lowest BCUT2D eigenvalue weighted by Crippen LogP contribution is -2.31. The Kier molecular flexibility index (Phi) is 5.48. The van der Waals surface area contributed by atoms with Crippen molar-refractivity contribution in [3.8, 4) is 5.75 Å². The van der Waals surface area contributed by atoms with E-state index in [-0.39, 0.29) is 0 Å². The normalized spacial score (nSPS) is 11.9. The van der Waals surface area contributed by atoms with Gasteiger partial charge in [-0.2, -0.15) is 0 Å². The third-order valence-corrected chi connectivity index (χ3v) is 3.50. The lowest BCUT2D eigenvalue weighted by atomic mass is 10.2. The maximum absolute atomic E-state index is 11.9. The van der Waals surface area contributed by atoms with Gasteiger partial charge in [0.2, 0.25) is 8.32 Å². The number of nitrogens with one attached hydrogen (secondary N) is 1. The smallest absolute Gasteiger partial charge is 0.412 e. The molecule has 0 aromatic heterocycles. The van der Waals surface area contributed by atoms with E-state index < -0.39 is 20.0 Å². The molecule has 112 valence electrons. The van der Waals surface area contributed by atoms with Crippen LogP contribution in [0.1, 0.15) is 20.8 Å². The molecule has 0 spiro atoms. The summed E-state index contributed by atoms with van der Waals surface area (Å²) in [6, 6.07) is 5.68. The molecule has 0 saturated heterocycles. The lowest BCUT2D eigenvalue weighted by Gasteiger charge is -2.23. The van der Waals surface area contributed by atoms with E-state index in [0.29, 0.717) is 11.4 Å². The number of anilines is 1. The molecule has 0 unspecified atom stereocenters. The predicted molar refractivity (Wildman–Crippen MR) is 93.0 cm³/mol. The highest BCUT2D eigenvalue weighted by Gasteiger charge is 2.21. The summed E-state index contributed by atoms with van der Waals surface area (Å²) in [4.78, 5) is 11.9. The average molecular weight is 407 g/mol. The van der Waals surface area contributed by atoms with Gasteiger partial charge in [-0.1, -0.05) is 0 Å². The molecule has 0 aliphatic rings. The Morgan fingerprint density at radius 1 is 1.25 bits per heavy atom. The van der Waals surface area contributed by atoms with Crippen LogP contribution < -0.4 is 9.74 Å². The molecule has 0 atom stereocenters. The first kappa shape index (κ1) is 17.3. The van der Waals surface area contributed by atoms with Crippen molar-refractivity contribution in [1.29, 1.82) is 0 Å². The number of ether oxygens (including phenoxy) is 1. The van der Waals surface area contributed by atoms with Gasteiger partial charge in [-0.3, -0.25) is 5.32 Å². The van der Waals surface area contributed by atoms with Crippen molar-refractivity contribution >= 4 is 42.7 Å². The Morgan fingerprint density at radius 3 is 2.35 bits per heavy atom. The Morgan fingerprint density at radius 2 is 1.85 bits per heavy atom. The van der Waals surface area contributed by atoms with Crippen molar-refractivity contribution in [3.63, 3.8) is 0 Å². The molecule has 1 N–H and O–H groups in total. The van der Waals surface area contributed by atoms with Gasteiger partial charge in [-0.25, -0.2) is 4.79 Å². The number of carbonyl (C=O) groups is 1. The zero-order valence-electron chi connectivity index (χ0n) is 12.8. The van der Waals surface area contributed by atoms with Crippen molar-refractivity contribution in [1.82, 2.24) is 0 Å². The fourth-order valence-corrected chi connectivity index (χ4v) is 2.72. The number of halogens is 1. The summed E-state index contributed by atoms with van der Waals surface area (Å²) < 4.78 is 12.3. The van der Waals surface area contributed by atoms with E-state index in [1.807, 2.05) is 39.0 Å². The quantitative estimate of drug-likeness (QED) is 0.576. The standard InChI is InChI=1S/C14H22INO3Si/c1-14(2,3)18-13(17)16-11-8-7-10(15)9-12(11)19-20(4,5)6/h7-9H,1-6H3,(H,16,17). The molecule has 1 rings (SSSR count). The predicted octanol–water partition coefficient (Wildman–Crippen LogP) is 4.85. The molecule has 0 heterocycles. The van der Waals surface area contributed by atoms with Crippen LogP contribution in [0.25, 0.3) is 0 Å². The van der Waals surface area contributed by atoms with E-state index in [1.165, 1.54) is 0 Å². The highest BCUT2D eigenvalue weighted by molar-refractivity contribution is 14.1. The van der Waals surface area contributed by atoms with E-state index in [0.717, 1.165) is 3.57 Å². The molecular formula is C14H22INO3Si. The van der Waals surface area contributed by atoms with Crippen molar-refractivity contribution in [2.24, 2.45) is 0 Å². The van der Waals surface area contributed by atoms with Crippen molar-refractivity contribution in [3.05, 3.63) is 21.8 Å². The molecule has 0 fully saturated rings. The zero-order valence-corrected chi connectivity index (χ0v) is 16.0. The van der Waals surface area contributed by atoms with Crippen LogP contribution in [0.15, 0.2) is 18.2 Å². The van der Waals surface area contributed by atoms with Crippen molar-refractivity contribution < 1.29 is 14.0 Å². The number of amides is 1. The first-order valence-corrected chi connectivity index (χ1v) is 10.9. The SMILES string of the molecule is CC(C)(C)OC(=O)Nc1ccc(I)cc1O[Si](C)(C)C. The van der Waals surface area contributed by atoms with E-state index in [4.69, 9.17) is 9.16 Å². The number of hydrogen-bond donors (Lipinski definition) is 1. The molecule has 0 radical (unpaired) electrons. The molecule has 20 heavy (non-hydrogen) atoms. The van der Waals surface area contributed by atoms with Crippen LogP contribution in [-0.2, 0) is 4.74 Å². The van der Waals surface area contributed by atoms with Crippen LogP contribution in [0.5, 0.6) is 5.75 Å². The highest BCUT2D eigenvalue weighted by atomic mass is 127. The van der Waals surface area contributed by atoms with Gasteiger partial charge < -0.3 is 9.16 Å². The lowest BCUT2D eigenvalue weighted by molar-refractivity contribution is 0.0635. The molecule has 0 aliphatic heterocycles. The van der Waals surface area contributed by atoms with Gasteiger partial charge in [0.25, 0.3) is 0 Å². The van der Waals surface area contributed by atoms with Crippen LogP contribution in [0.2, 0.25) is 19.6 Å². The molecule has 1 aromatic carbocycles. The van der Waals surface area contributed by atoms with Gasteiger partial charge in [0.05, 0.1) is 5.69 Å². The van der Waals surface area contributed by atoms with Gasteiger partial charge in [-0.15, -0.1) is 0 Å². The topological polar surface area (TPSA) is 47.6 Å². The highest BCUT2D eigenvalue weighted by Crippen LogP contribution is 2.29. The second-order valence-electron chi connectivity index (χ2n) is 6.48. The summed E-state index contributed by atoms with van der Waals surface area (Å²) in [7, 11) is -1.75. The van der Waals surface area contributed by atoms with Gasteiger partial charge in [0.1, 0.15) is 11.4 Å². The fourth-order valence-electron chi connectivity index (χ4n) is 1.43. The molecule has 1 amide bonds. The average Bonchev–Trinajstić information content (AvgIpc) is 2.17. The van der Waals surface area contributed by atoms with Crippen molar-refractivity contribution in [2.75, 3.05) is 5.32 Å².